The smallest absolute Gasteiger partial charge is 0.315 e. The number of carbonyl (C=O) groups excluding carboxylic acids is 1. The van der Waals surface area contributed by atoms with Crippen LogP contribution in [0.3, 0.4) is 0 Å². The molecule has 1 atom stereocenters. The number of hydrogen-bond acceptors (Lipinski definition) is 2. The van der Waals surface area contributed by atoms with Crippen LogP contribution in [0.1, 0.15) is 37.8 Å². The van der Waals surface area contributed by atoms with Crippen molar-refractivity contribution >= 4 is 6.03 Å². The lowest BCUT2D eigenvalue weighted by Gasteiger charge is -2.14. The van der Waals surface area contributed by atoms with Crippen LogP contribution in [0, 0.1) is 6.92 Å². The average Bonchev–Trinajstić information content (AvgIpc) is 2.39. The molecular weight excluding hydrogens is 252 g/mol. The van der Waals surface area contributed by atoms with E-state index in [0.717, 1.165) is 30.6 Å². The summed E-state index contributed by atoms with van der Waals surface area (Å²) >= 11 is 0. The van der Waals surface area contributed by atoms with Gasteiger partial charge in [0.15, 0.2) is 0 Å². The van der Waals surface area contributed by atoms with Crippen molar-refractivity contribution < 1.29 is 9.53 Å². The van der Waals surface area contributed by atoms with Crippen LogP contribution < -0.4 is 15.4 Å². The highest BCUT2D eigenvalue weighted by Gasteiger charge is 2.07. The third kappa shape index (κ3) is 5.51. The monoisotopic (exact) mass is 278 g/mol. The van der Waals surface area contributed by atoms with Crippen molar-refractivity contribution in [3.05, 3.63) is 29.3 Å². The van der Waals surface area contributed by atoms with E-state index in [2.05, 4.69) is 30.5 Å². The van der Waals surface area contributed by atoms with E-state index in [-0.39, 0.29) is 12.1 Å². The fraction of sp³-hybridized carbons (Fsp3) is 0.562. The second-order valence-corrected chi connectivity index (χ2v) is 5.16. The summed E-state index contributed by atoms with van der Waals surface area (Å²) in [4.78, 5) is 11.7. The molecule has 112 valence electrons. The van der Waals surface area contributed by atoms with Gasteiger partial charge in [0.25, 0.3) is 0 Å². The van der Waals surface area contributed by atoms with E-state index in [1.54, 1.807) is 7.11 Å². The maximum absolute atomic E-state index is 11.7. The van der Waals surface area contributed by atoms with Gasteiger partial charge < -0.3 is 15.4 Å². The Kier molecular flexibility index (Phi) is 6.91. The van der Waals surface area contributed by atoms with Crippen molar-refractivity contribution in [2.45, 2.75) is 46.1 Å². The zero-order valence-electron chi connectivity index (χ0n) is 13.0. The van der Waals surface area contributed by atoms with Crippen molar-refractivity contribution in [1.82, 2.24) is 10.6 Å². The molecule has 2 amide bonds. The zero-order chi connectivity index (χ0) is 15.0. The molecule has 0 fully saturated rings. The van der Waals surface area contributed by atoms with Gasteiger partial charge in [0.2, 0.25) is 0 Å². The summed E-state index contributed by atoms with van der Waals surface area (Å²) in [6.45, 7) is 6.78. The Bertz CT molecular complexity index is 432. The van der Waals surface area contributed by atoms with E-state index in [1.165, 1.54) is 5.56 Å². The SMILES string of the molecule is CCCC(C)NC(=O)NCCc1cc(C)ccc1OC. The van der Waals surface area contributed by atoms with E-state index in [9.17, 15) is 4.79 Å². The number of carbonyl (C=O) groups is 1. The van der Waals surface area contributed by atoms with Crippen LogP contribution in [0.5, 0.6) is 5.75 Å². The molecule has 0 saturated heterocycles. The molecule has 0 aliphatic rings. The third-order valence-corrected chi connectivity index (χ3v) is 3.21. The van der Waals surface area contributed by atoms with Gasteiger partial charge in [0, 0.05) is 12.6 Å². The molecular formula is C16H26N2O2. The molecule has 1 rings (SSSR count). The van der Waals surface area contributed by atoms with Gasteiger partial charge in [-0.3, -0.25) is 0 Å². The third-order valence-electron chi connectivity index (χ3n) is 3.21. The molecule has 20 heavy (non-hydrogen) atoms. The van der Waals surface area contributed by atoms with Gasteiger partial charge >= 0.3 is 6.03 Å². The first-order valence-corrected chi connectivity index (χ1v) is 7.24. The highest BCUT2D eigenvalue weighted by Crippen LogP contribution is 2.19. The molecule has 4 heteroatoms. The Morgan fingerprint density at radius 1 is 1.40 bits per heavy atom. The minimum Gasteiger partial charge on any atom is -0.496 e. The quantitative estimate of drug-likeness (QED) is 0.805. The zero-order valence-corrected chi connectivity index (χ0v) is 13.0. The summed E-state index contributed by atoms with van der Waals surface area (Å²) in [5.74, 6) is 0.872. The Morgan fingerprint density at radius 2 is 2.15 bits per heavy atom. The first-order valence-electron chi connectivity index (χ1n) is 7.24. The molecule has 0 heterocycles. The number of ether oxygens (including phenoxy) is 1. The minimum absolute atomic E-state index is 0.0995. The van der Waals surface area contributed by atoms with Crippen molar-refractivity contribution in [2.24, 2.45) is 0 Å². The van der Waals surface area contributed by atoms with Crippen LogP contribution in [0.2, 0.25) is 0 Å². The van der Waals surface area contributed by atoms with E-state index < -0.39 is 0 Å². The van der Waals surface area contributed by atoms with Crippen LogP contribution in [0.4, 0.5) is 4.79 Å². The molecule has 0 spiro atoms. The number of aryl methyl sites for hydroxylation is 1. The summed E-state index contributed by atoms with van der Waals surface area (Å²) in [7, 11) is 1.67. The van der Waals surface area contributed by atoms with Gasteiger partial charge in [0.05, 0.1) is 7.11 Å². The molecule has 2 N–H and O–H groups in total. The molecule has 1 unspecified atom stereocenters. The maximum Gasteiger partial charge on any atom is 0.315 e. The second kappa shape index (κ2) is 8.46. The Balaban J connectivity index is 2.40. The van der Waals surface area contributed by atoms with Crippen LogP contribution in [0.25, 0.3) is 0 Å². The fourth-order valence-corrected chi connectivity index (χ4v) is 2.19. The van der Waals surface area contributed by atoms with Gasteiger partial charge in [-0.15, -0.1) is 0 Å². The van der Waals surface area contributed by atoms with Crippen LogP contribution in [-0.4, -0.2) is 25.7 Å². The Morgan fingerprint density at radius 3 is 2.80 bits per heavy atom. The number of hydrogen-bond donors (Lipinski definition) is 2. The lowest BCUT2D eigenvalue weighted by atomic mass is 10.1. The number of amides is 2. The van der Waals surface area contributed by atoms with Crippen LogP contribution >= 0.6 is 0 Å². The van der Waals surface area contributed by atoms with Crippen molar-refractivity contribution in [3.63, 3.8) is 0 Å². The van der Waals surface area contributed by atoms with Gasteiger partial charge in [-0.1, -0.05) is 31.0 Å². The van der Waals surface area contributed by atoms with E-state index in [4.69, 9.17) is 4.74 Å². The van der Waals surface area contributed by atoms with E-state index in [0.29, 0.717) is 6.54 Å². The molecule has 0 bridgehead atoms. The fourth-order valence-electron chi connectivity index (χ4n) is 2.19. The topological polar surface area (TPSA) is 50.4 Å². The average molecular weight is 278 g/mol. The standard InChI is InChI=1S/C16H26N2O2/c1-5-6-13(3)18-16(19)17-10-9-14-11-12(2)7-8-15(14)20-4/h7-8,11,13H,5-6,9-10H2,1-4H3,(H2,17,18,19). The molecule has 0 saturated carbocycles. The van der Waals surface area contributed by atoms with Gasteiger partial charge in [-0.2, -0.15) is 0 Å². The number of rotatable bonds is 7. The largest absolute Gasteiger partial charge is 0.496 e. The molecule has 0 radical (unpaired) electrons. The molecule has 0 aromatic heterocycles. The van der Waals surface area contributed by atoms with E-state index in [1.807, 2.05) is 19.1 Å². The Labute approximate surface area is 121 Å². The molecule has 0 aliphatic heterocycles. The number of methoxy groups -OCH3 is 1. The normalized spacial score (nSPS) is 11.8. The molecule has 1 aromatic carbocycles. The summed E-state index contributed by atoms with van der Waals surface area (Å²) in [5, 5.41) is 5.81. The first-order chi connectivity index (χ1) is 9.56. The molecule has 4 nitrogen and oxygen atoms in total. The highest BCUT2D eigenvalue weighted by molar-refractivity contribution is 5.74. The number of nitrogens with one attached hydrogen (secondary N) is 2. The first kappa shape index (κ1) is 16.3. The summed E-state index contributed by atoms with van der Waals surface area (Å²) in [6, 6.07) is 6.20. The van der Waals surface area contributed by atoms with Crippen molar-refractivity contribution in [2.75, 3.05) is 13.7 Å². The minimum atomic E-state index is -0.0995. The predicted octanol–water partition coefficient (Wildman–Crippen LogP) is 3.03. The summed E-state index contributed by atoms with van der Waals surface area (Å²) in [6.07, 6.45) is 2.83. The Hall–Kier alpha value is -1.71. The van der Waals surface area contributed by atoms with Gasteiger partial charge in [-0.25, -0.2) is 4.79 Å². The summed E-state index contributed by atoms with van der Waals surface area (Å²) < 4.78 is 5.33. The van der Waals surface area contributed by atoms with Crippen LogP contribution in [-0.2, 0) is 6.42 Å². The van der Waals surface area contributed by atoms with Crippen molar-refractivity contribution in [1.29, 1.82) is 0 Å². The predicted molar refractivity (Wildman–Crippen MR) is 82.3 cm³/mol. The van der Waals surface area contributed by atoms with Crippen molar-refractivity contribution in [3.8, 4) is 5.75 Å². The summed E-state index contributed by atoms with van der Waals surface area (Å²) in [5.41, 5.74) is 2.32. The lowest BCUT2D eigenvalue weighted by Crippen LogP contribution is -2.41. The van der Waals surface area contributed by atoms with Crippen LogP contribution in [0.15, 0.2) is 18.2 Å². The molecule has 1 aromatic rings. The van der Waals surface area contributed by atoms with E-state index >= 15 is 0 Å². The highest BCUT2D eigenvalue weighted by atomic mass is 16.5. The number of urea groups is 1. The van der Waals surface area contributed by atoms with Gasteiger partial charge in [-0.05, 0) is 38.3 Å². The molecule has 0 aliphatic carbocycles. The maximum atomic E-state index is 11.7. The number of benzene rings is 1. The van der Waals surface area contributed by atoms with Gasteiger partial charge in [0.1, 0.15) is 5.75 Å². The lowest BCUT2D eigenvalue weighted by molar-refractivity contribution is 0.237. The second-order valence-electron chi connectivity index (χ2n) is 5.16.